The van der Waals surface area contributed by atoms with Crippen LogP contribution in [0.1, 0.15) is 22.3 Å². The molecule has 0 N–H and O–H groups in total. The second-order valence-corrected chi connectivity index (χ2v) is 7.68. The molecule has 0 saturated heterocycles. The predicted octanol–water partition coefficient (Wildman–Crippen LogP) is 6.13. The molecule has 1 spiro atoms. The molecule has 0 saturated carbocycles. The van der Waals surface area contributed by atoms with Crippen LogP contribution in [0.5, 0.6) is 0 Å². The summed E-state index contributed by atoms with van der Waals surface area (Å²) in [5.74, 6) is 0. The van der Waals surface area contributed by atoms with Gasteiger partial charge in [0, 0.05) is 0 Å². The van der Waals surface area contributed by atoms with E-state index in [1.807, 2.05) is 12.1 Å². The van der Waals surface area contributed by atoms with E-state index in [-0.39, 0.29) is 0 Å². The van der Waals surface area contributed by atoms with Gasteiger partial charge < -0.3 is 0 Å². The molecule has 0 bridgehead atoms. The second kappa shape index (κ2) is 5.19. The Balaban J connectivity index is 1.86. The standard InChI is InChI=1S/C23H12Cl2N2/c24-19-11-9-17-21(26-19)22-18(10-12-20(25)27-22)23(17)15-7-3-1-5-13(15)14-6-2-4-8-16(14)23/h1-12H. The van der Waals surface area contributed by atoms with E-state index in [1.54, 1.807) is 0 Å². The van der Waals surface area contributed by atoms with Gasteiger partial charge in [-0.25, -0.2) is 9.97 Å². The molecular formula is C23H12Cl2N2. The van der Waals surface area contributed by atoms with E-state index in [0.29, 0.717) is 10.3 Å². The van der Waals surface area contributed by atoms with Gasteiger partial charge in [-0.15, -0.1) is 0 Å². The normalized spacial score (nSPS) is 14.6. The number of pyridine rings is 2. The molecule has 6 rings (SSSR count). The monoisotopic (exact) mass is 386 g/mol. The van der Waals surface area contributed by atoms with Gasteiger partial charge in [-0.2, -0.15) is 0 Å². The van der Waals surface area contributed by atoms with Crippen molar-refractivity contribution in [1.82, 2.24) is 9.97 Å². The molecule has 2 aromatic carbocycles. The summed E-state index contributed by atoms with van der Waals surface area (Å²) in [5, 5.41) is 0.913. The molecule has 0 radical (unpaired) electrons. The van der Waals surface area contributed by atoms with Gasteiger partial charge in [0.15, 0.2) is 0 Å². The second-order valence-electron chi connectivity index (χ2n) is 6.90. The average Bonchev–Trinajstić information content (AvgIpc) is 3.14. The van der Waals surface area contributed by atoms with Crippen LogP contribution < -0.4 is 0 Å². The molecule has 4 heteroatoms. The van der Waals surface area contributed by atoms with Crippen LogP contribution in [0.3, 0.4) is 0 Å². The Bertz CT molecular complexity index is 1160. The molecule has 2 aliphatic rings. The van der Waals surface area contributed by atoms with Crippen molar-refractivity contribution in [2.75, 3.05) is 0 Å². The van der Waals surface area contributed by atoms with Gasteiger partial charge in [-0.1, -0.05) is 83.9 Å². The largest absolute Gasteiger partial charge is 0.234 e. The first-order chi connectivity index (χ1) is 13.2. The first kappa shape index (κ1) is 15.4. The fraction of sp³-hybridized carbons (Fsp3) is 0.0435. The quantitative estimate of drug-likeness (QED) is 0.293. The van der Waals surface area contributed by atoms with Gasteiger partial charge in [-0.05, 0) is 45.5 Å². The first-order valence-electron chi connectivity index (χ1n) is 8.75. The minimum Gasteiger partial charge on any atom is -0.234 e. The molecule has 0 unspecified atom stereocenters. The summed E-state index contributed by atoms with van der Waals surface area (Å²) in [6.07, 6.45) is 0. The molecule has 0 amide bonds. The zero-order valence-electron chi connectivity index (χ0n) is 14.1. The Hall–Kier alpha value is -2.68. The summed E-state index contributed by atoms with van der Waals surface area (Å²) in [6, 6.07) is 25.0. The SMILES string of the molecule is Clc1ccc2c(n1)-c1nc(Cl)ccc1C21c2ccccc2-c2ccccc21. The van der Waals surface area contributed by atoms with Crippen molar-refractivity contribution in [3.63, 3.8) is 0 Å². The van der Waals surface area contributed by atoms with Gasteiger partial charge in [0.2, 0.25) is 0 Å². The number of benzene rings is 2. The predicted molar refractivity (Wildman–Crippen MR) is 108 cm³/mol. The minimum absolute atomic E-state index is 0.437. The summed E-state index contributed by atoms with van der Waals surface area (Å²) in [4.78, 5) is 9.29. The number of hydrogen-bond acceptors (Lipinski definition) is 2. The van der Waals surface area contributed by atoms with Crippen molar-refractivity contribution in [3.05, 3.63) is 105 Å². The number of aromatic nitrogens is 2. The minimum atomic E-state index is -0.437. The van der Waals surface area contributed by atoms with Crippen LogP contribution in [-0.2, 0) is 5.41 Å². The lowest BCUT2D eigenvalue weighted by Crippen LogP contribution is -2.25. The topological polar surface area (TPSA) is 25.8 Å². The molecular weight excluding hydrogens is 375 g/mol. The van der Waals surface area contributed by atoms with Crippen molar-refractivity contribution < 1.29 is 0 Å². The van der Waals surface area contributed by atoms with E-state index < -0.39 is 5.41 Å². The zero-order valence-corrected chi connectivity index (χ0v) is 15.6. The van der Waals surface area contributed by atoms with Crippen molar-refractivity contribution in [2.24, 2.45) is 0 Å². The zero-order chi connectivity index (χ0) is 18.2. The Labute approximate surface area is 166 Å². The number of nitrogens with zero attached hydrogens (tertiary/aromatic N) is 2. The van der Waals surface area contributed by atoms with E-state index >= 15 is 0 Å². The van der Waals surface area contributed by atoms with Gasteiger partial charge in [0.25, 0.3) is 0 Å². The van der Waals surface area contributed by atoms with Gasteiger partial charge in [-0.3, -0.25) is 0 Å². The van der Waals surface area contributed by atoms with Gasteiger partial charge in [0.05, 0.1) is 16.8 Å². The van der Waals surface area contributed by atoms with Crippen LogP contribution in [-0.4, -0.2) is 9.97 Å². The Morgan fingerprint density at radius 3 is 1.44 bits per heavy atom. The molecule has 128 valence electrons. The van der Waals surface area contributed by atoms with Crippen molar-refractivity contribution in [2.45, 2.75) is 5.41 Å². The van der Waals surface area contributed by atoms with Crippen LogP contribution in [0, 0.1) is 0 Å². The van der Waals surface area contributed by atoms with Gasteiger partial charge in [0.1, 0.15) is 10.3 Å². The first-order valence-corrected chi connectivity index (χ1v) is 9.50. The highest BCUT2D eigenvalue weighted by Crippen LogP contribution is 2.61. The maximum atomic E-state index is 6.25. The average molecular weight is 387 g/mol. The fourth-order valence-corrected chi connectivity index (χ4v) is 5.09. The molecule has 0 atom stereocenters. The van der Waals surface area contributed by atoms with Crippen molar-refractivity contribution in [1.29, 1.82) is 0 Å². The highest BCUT2D eigenvalue weighted by atomic mass is 35.5. The Kier molecular flexibility index (Phi) is 2.96. The van der Waals surface area contributed by atoms with E-state index in [1.165, 1.54) is 22.3 Å². The molecule has 27 heavy (non-hydrogen) atoms. The number of halogens is 2. The smallest absolute Gasteiger partial charge is 0.129 e. The lowest BCUT2D eigenvalue weighted by atomic mass is 9.71. The molecule has 4 aromatic rings. The summed E-state index contributed by atoms with van der Waals surface area (Å²) in [6.45, 7) is 0. The van der Waals surface area contributed by atoms with E-state index in [0.717, 1.165) is 22.5 Å². The Morgan fingerprint density at radius 2 is 0.963 bits per heavy atom. The maximum absolute atomic E-state index is 6.25. The van der Waals surface area contributed by atoms with Crippen LogP contribution in [0.4, 0.5) is 0 Å². The molecule has 2 nitrogen and oxygen atoms in total. The molecule has 2 heterocycles. The van der Waals surface area contributed by atoms with Crippen molar-refractivity contribution in [3.8, 4) is 22.5 Å². The molecule has 0 aliphatic heterocycles. The molecule has 0 fully saturated rings. The molecule has 2 aliphatic carbocycles. The van der Waals surface area contributed by atoms with E-state index in [2.05, 4.69) is 70.6 Å². The van der Waals surface area contributed by atoms with Gasteiger partial charge >= 0.3 is 0 Å². The third kappa shape index (κ3) is 1.77. The highest BCUT2D eigenvalue weighted by molar-refractivity contribution is 6.30. The number of fused-ring (bicyclic) bond motifs is 10. The third-order valence-corrected chi connectivity index (χ3v) is 6.13. The maximum Gasteiger partial charge on any atom is 0.129 e. The van der Waals surface area contributed by atoms with Crippen LogP contribution in [0.25, 0.3) is 22.5 Å². The van der Waals surface area contributed by atoms with Crippen LogP contribution in [0.15, 0.2) is 72.8 Å². The lowest BCUT2D eigenvalue weighted by molar-refractivity contribution is 0.789. The molecule has 2 aromatic heterocycles. The summed E-state index contributed by atoms with van der Waals surface area (Å²) in [7, 11) is 0. The fourth-order valence-electron chi connectivity index (χ4n) is 4.80. The summed E-state index contributed by atoms with van der Waals surface area (Å²) < 4.78 is 0. The van der Waals surface area contributed by atoms with Crippen LogP contribution in [0.2, 0.25) is 10.3 Å². The van der Waals surface area contributed by atoms with E-state index in [4.69, 9.17) is 23.2 Å². The Morgan fingerprint density at radius 1 is 0.519 bits per heavy atom. The van der Waals surface area contributed by atoms with Crippen LogP contribution >= 0.6 is 23.2 Å². The highest BCUT2D eigenvalue weighted by Gasteiger charge is 2.52. The van der Waals surface area contributed by atoms with E-state index in [9.17, 15) is 0 Å². The summed E-state index contributed by atoms with van der Waals surface area (Å²) in [5.41, 5.74) is 8.39. The third-order valence-electron chi connectivity index (χ3n) is 5.71. The number of rotatable bonds is 0. The lowest BCUT2D eigenvalue weighted by Gasteiger charge is -2.29. The van der Waals surface area contributed by atoms with Crippen molar-refractivity contribution >= 4 is 23.2 Å². The summed E-state index contributed by atoms with van der Waals surface area (Å²) >= 11 is 12.5. The number of hydrogen-bond donors (Lipinski definition) is 0.